The highest BCUT2D eigenvalue weighted by Gasteiger charge is 2.16. The number of hydrogen-bond donors (Lipinski definition) is 1. The molecule has 19 heavy (non-hydrogen) atoms. The lowest BCUT2D eigenvalue weighted by molar-refractivity contribution is -0.121. The molecule has 106 valence electrons. The minimum atomic E-state index is 0.0293. The van der Waals surface area contributed by atoms with E-state index in [2.05, 4.69) is 35.1 Å². The summed E-state index contributed by atoms with van der Waals surface area (Å²) >= 11 is 3.44. The van der Waals surface area contributed by atoms with Gasteiger partial charge in [0.15, 0.2) is 0 Å². The van der Waals surface area contributed by atoms with Crippen LogP contribution in [0.25, 0.3) is 0 Å². The number of carbonyl (C=O) groups is 1. The van der Waals surface area contributed by atoms with Crippen molar-refractivity contribution in [1.29, 1.82) is 0 Å². The molecule has 1 aromatic carbocycles. The zero-order valence-corrected chi connectivity index (χ0v) is 13.4. The van der Waals surface area contributed by atoms with Gasteiger partial charge in [0.05, 0.1) is 13.0 Å². The first-order chi connectivity index (χ1) is 8.93. The Morgan fingerprint density at radius 3 is 2.79 bits per heavy atom. The van der Waals surface area contributed by atoms with Crippen molar-refractivity contribution in [1.82, 2.24) is 5.32 Å². The van der Waals surface area contributed by atoms with Gasteiger partial charge in [-0.25, -0.2) is 0 Å². The van der Waals surface area contributed by atoms with Crippen LogP contribution in [0.5, 0.6) is 5.75 Å². The number of amides is 1. The van der Waals surface area contributed by atoms with Crippen LogP contribution < -0.4 is 10.1 Å². The quantitative estimate of drug-likeness (QED) is 0.780. The van der Waals surface area contributed by atoms with Gasteiger partial charge in [-0.1, -0.05) is 41.9 Å². The Labute approximate surface area is 123 Å². The van der Waals surface area contributed by atoms with Crippen molar-refractivity contribution in [2.45, 2.75) is 27.2 Å². The Kier molecular flexibility index (Phi) is 6.35. The zero-order valence-electron chi connectivity index (χ0n) is 11.8. The van der Waals surface area contributed by atoms with Gasteiger partial charge >= 0.3 is 0 Å². The van der Waals surface area contributed by atoms with Crippen molar-refractivity contribution in [3.8, 4) is 5.75 Å². The van der Waals surface area contributed by atoms with Crippen LogP contribution in [0.1, 0.15) is 25.8 Å². The smallest absolute Gasteiger partial charge is 0.223 e. The second-order valence-electron chi connectivity index (χ2n) is 5.49. The summed E-state index contributed by atoms with van der Waals surface area (Å²) in [5.41, 5.74) is 1.23. The van der Waals surface area contributed by atoms with Crippen molar-refractivity contribution >= 4 is 21.8 Å². The van der Waals surface area contributed by atoms with Crippen molar-refractivity contribution < 1.29 is 9.53 Å². The molecular weight excluding hydrogens is 306 g/mol. The molecule has 3 nitrogen and oxygen atoms in total. The predicted molar refractivity (Wildman–Crippen MR) is 81.9 cm³/mol. The van der Waals surface area contributed by atoms with Crippen LogP contribution in [0, 0.1) is 12.3 Å². The lowest BCUT2D eigenvalue weighted by atomic mass is 9.97. The molecule has 0 unspecified atom stereocenters. The van der Waals surface area contributed by atoms with Crippen molar-refractivity contribution in [2.75, 3.05) is 18.5 Å². The van der Waals surface area contributed by atoms with Crippen LogP contribution in [0.2, 0.25) is 0 Å². The highest BCUT2D eigenvalue weighted by molar-refractivity contribution is 9.09. The molecule has 0 radical (unpaired) electrons. The molecule has 0 aliphatic rings. The van der Waals surface area contributed by atoms with E-state index in [9.17, 15) is 4.79 Å². The first-order valence-corrected chi connectivity index (χ1v) is 7.57. The van der Waals surface area contributed by atoms with Crippen molar-refractivity contribution in [3.63, 3.8) is 0 Å². The lowest BCUT2D eigenvalue weighted by Gasteiger charge is -2.21. The highest BCUT2D eigenvalue weighted by Crippen LogP contribution is 2.16. The molecule has 0 fully saturated rings. The molecule has 0 spiro atoms. The van der Waals surface area contributed by atoms with Crippen LogP contribution in [0.4, 0.5) is 0 Å². The van der Waals surface area contributed by atoms with Crippen molar-refractivity contribution in [2.24, 2.45) is 5.41 Å². The second-order valence-corrected chi connectivity index (χ2v) is 6.05. The van der Waals surface area contributed by atoms with E-state index in [1.54, 1.807) is 0 Å². The number of aryl methyl sites for hydroxylation is 1. The maximum absolute atomic E-state index is 11.7. The fraction of sp³-hybridized carbons (Fsp3) is 0.533. The van der Waals surface area contributed by atoms with Gasteiger partial charge in [-0.2, -0.15) is 0 Å². The summed E-state index contributed by atoms with van der Waals surface area (Å²) in [7, 11) is 0. The van der Waals surface area contributed by atoms with E-state index in [1.165, 1.54) is 0 Å². The summed E-state index contributed by atoms with van der Waals surface area (Å²) in [6.07, 6.45) is 0.381. The maximum Gasteiger partial charge on any atom is 0.223 e. The standard InChI is InChI=1S/C15H22BrNO2/c1-12-5-4-6-13(9-12)19-8-7-14(18)17-11-15(2,3)10-16/h4-6,9H,7-8,10-11H2,1-3H3,(H,17,18). The molecule has 0 heterocycles. The number of carbonyl (C=O) groups excluding carboxylic acids is 1. The number of ether oxygens (including phenoxy) is 1. The topological polar surface area (TPSA) is 38.3 Å². The van der Waals surface area contributed by atoms with Gasteiger partial charge in [-0.3, -0.25) is 4.79 Å². The molecule has 1 aromatic rings. The molecule has 0 atom stereocenters. The fourth-order valence-corrected chi connectivity index (χ4v) is 1.64. The lowest BCUT2D eigenvalue weighted by Crippen LogP contribution is -2.35. The molecule has 0 saturated carbocycles. The van der Waals surface area contributed by atoms with Gasteiger partial charge in [0.1, 0.15) is 5.75 Å². The number of rotatable bonds is 7. The molecule has 0 aromatic heterocycles. The molecule has 0 aliphatic carbocycles. The van der Waals surface area contributed by atoms with E-state index in [0.29, 0.717) is 19.6 Å². The Hall–Kier alpha value is -1.03. The van der Waals surface area contributed by atoms with Gasteiger partial charge in [-0.15, -0.1) is 0 Å². The number of nitrogens with one attached hydrogen (secondary N) is 1. The third-order valence-corrected chi connectivity index (χ3v) is 4.23. The van der Waals surface area contributed by atoms with Gasteiger partial charge in [0.2, 0.25) is 5.91 Å². The van der Waals surface area contributed by atoms with Crippen LogP contribution in [-0.4, -0.2) is 24.4 Å². The summed E-state index contributed by atoms with van der Waals surface area (Å²) in [5.74, 6) is 0.843. The maximum atomic E-state index is 11.7. The van der Waals surface area contributed by atoms with E-state index in [-0.39, 0.29) is 11.3 Å². The molecule has 1 amide bonds. The number of benzene rings is 1. The summed E-state index contributed by atoms with van der Waals surface area (Å²) in [5, 5.41) is 3.78. The third-order valence-electron chi connectivity index (χ3n) is 2.71. The molecular formula is C15H22BrNO2. The van der Waals surface area contributed by atoms with E-state index in [4.69, 9.17) is 4.74 Å². The zero-order chi connectivity index (χ0) is 14.3. The molecule has 0 saturated heterocycles. The Morgan fingerprint density at radius 2 is 2.16 bits per heavy atom. The molecule has 0 bridgehead atoms. The largest absolute Gasteiger partial charge is 0.493 e. The van der Waals surface area contributed by atoms with Gasteiger partial charge in [-0.05, 0) is 30.0 Å². The fourth-order valence-electron chi connectivity index (χ4n) is 1.44. The van der Waals surface area contributed by atoms with Crippen molar-refractivity contribution in [3.05, 3.63) is 29.8 Å². The third kappa shape index (κ3) is 6.62. The summed E-state index contributed by atoms with van der Waals surface area (Å²) in [6.45, 7) is 7.30. The molecule has 1 N–H and O–H groups in total. The minimum Gasteiger partial charge on any atom is -0.493 e. The second kappa shape index (κ2) is 7.53. The van der Waals surface area contributed by atoms with Crippen LogP contribution in [0.3, 0.4) is 0 Å². The highest BCUT2D eigenvalue weighted by atomic mass is 79.9. The molecule has 4 heteroatoms. The summed E-state index contributed by atoms with van der Waals surface area (Å²) < 4.78 is 5.55. The van der Waals surface area contributed by atoms with Crippen LogP contribution in [0.15, 0.2) is 24.3 Å². The average Bonchev–Trinajstić information content (AvgIpc) is 2.37. The SMILES string of the molecule is Cc1cccc(OCCC(=O)NCC(C)(C)CBr)c1. The Bertz CT molecular complexity index is 418. The monoisotopic (exact) mass is 327 g/mol. The normalized spacial score (nSPS) is 11.2. The summed E-state index contributed by atoms with van der Waals surface area (Å²) in [4.78, 5) is 11.7. The summed E-state index contributed by atoms with van der Waals surface area (Å²) in [6, 6.07) is 7.83. The number of alkyl halides is 1. The van der Waals surface area contributed by atoms with Crippen LogP contribution in [-0.2, 0) is 4.79 Å². The minimum absolute atomic E-state index is 0.0293. The first kappa shape index (κ1) is 16.0. The van der Waals surface area contributed by atoms with E-state index < -0.39 is 0 Å². The Morgan fingerprint density at radius 1 is 1.42 bits per heavy atom. The van der Waals surface area contributed by atoms with E-state index in [1.807, 2.05) is 31.2 Å². The van der Waals surface area contributed by atoms with Crippen LogP contribution >= 0.6 is 15.9 Å². The van der Waals surface area contributed by atoms with Gasteiger partial charge in [0, 0.05) is 11.9 Å². The first-order valence-electron chi connectivity index (χ1n) is 6.45. The van der Waals surface area contributed by atoms with Gasteiger partial charge < -0.3 is 10.1 Å². The number of halogens is 1. The Balaban J connectivity index is 2.24. The average molecular weight is 328 g/mol. The molecule has 0 aliphatic heterocycles. The predicted octanol–water partition coefficient (Wildman–Crippen LogP) is 3.30. The van der Waals surface area contributed by atoms with E-state index in [0.717, 1.165) is 16.6 Å². The number of hydrogen-bond acceptors (Lipinski definition) is 2. The van der Waals surface area contributed by atoms with E-state index >= 15 is 0 Å². The van der Waals surface area contributed by atoms with Gasteiger partial charge in [0.25, 0.3) is 0 Å². The molecule has 1 rings (SSSR count).